The first-order valence-corrected chi connectivity index (χ1v) is 9.46. The fourth-order valence-corrected chi connectivity index (χ4v) is 3.68. The monoisotopic (exact) mass is 414 g/mol. The van der Waals surface area contributed by atoms with E-state index in [-0.39, 0.29) is 17.4 Å². The molecule has 0 saturated carbocycles. The molecule has 0 radical (unpaired) electrons. The van der Waals surface area contributed by atoms with Gasteiger partial charge >= 0.3 is 5.97 Å². The number of nitrogens with one attached hydrogen (secondary N) is 1. The highest BCUT2D eigenvalue weighted by atomic mass is 19.1. The third-order valence-corrected chi connectivity index (χ3v) is 5.18. The molecule has 0 spiro atoms. The Morgan fingerprint density at radius 1 is 1.10 bits per heavy atom. The third kappa shape index (κ3) is 3.24. The number of H-pyrrole nitrogens is 1. The molecule has 0 aliphatic carbocycles. The molecule has 0 fully saturated rings. The summed E-state index contributed by atoms with van der Waals surface area (Å²) in [6.07, 6.45) is 3.01. The van der Waals surface area contributed by atoms with E-state index < -0.39 is 22.8 Å². The highest BCUT2D eigenvalue weighted by Crippen LogP contribution is 2.22. The van der Waals surface area contributed by atoms with Crippen molar-refractivity contribution in [2.45, 2.75) is 6.54 Å². The molecular formula is C23H15FN4O3. The molecule has 0 atom stereocenters. The second-order valence-electron chi connectivity index (χ2n) is 7.13. The molecular weight excluding hydrogens is 399 g/mol. The standard InChI is InChI=1S/C23H15FN4O3/c24-18-3-1-2-16-21(18)28(12-17(22(16)29)23(30)31)11-15-5-7-20(27-26-15)13-4-6-19-14(10-13)8-9-25-19/h1-10,12,25H,11H2,(H,30,31). The average Bonchev–Trinajstić information content (AvgIpc) is 3.24. The van der Waals surface area contributed by atoms with Crippen LogP contribution in [-0.2, 0) is 6.54 Å². The Kier molecular flexibility index (Phi) is 4.32. The smallest absolute Gasteiger partial charge is 0.341 e. The van der Waals surface area contributed by atoms with Gasteiger partial charge in [0.2, 0.25) is 5.43 Å². The lowest BCUT2D eigenvalue weighted by molar-refractivity contribution is 0.0695. The molecule has 0 amide bonds. The van der Waals surface area contributed by atoms with Crippen molar-refractivity contribution in [3.8, 4) is 11.3 Å². The number of hydrogen-bond donors (Lipinski definition) is 2. The van der Waals surface area contributed by atoms with Gasteiger partial charge in [-0.1, -0.05) is 12.1 Å². The third-order valence-electron chi connectivity index (χ3n) is 5.18. The van der Waals surface area contributed by atoms with Crippen LogP contribution >= 0.6 is 0 Å². The number of carbonyl (C=O) groups is 1. The molecule has 31 heavy (non-hydrogen) atoms. The maximum absolute atomic E-state index is 14.5. The number of rotatable bonds is 4. The summed E-state index contributed by atoms with van der Waals surface area (Å²) in [5.41, 5.74) is 1.97. The Hall–Kier alpha value is -4.33. The van der Waals surface area contributed by atoms with Crippen molar-refractivity contribution in [3.63, 3.8) is 0 Å². The largest absolute Gasteiger partial charge is 0.477 e. The first kappa shape index (κ1) is 18.7. The van der Waals surface area contributed by atoms with Crippen molar-refractivity contribution >= 4 is 27.8 Å². The van der Waals surface area contributed by atoms with Crippen molar-refractivity contribution in [1.82, 2.24) is 19.7 Å². The molecule has 152 valence electrons. The van der Waals surface area contributed by atoms with Crippen molar-refractivity contribution in [2.75, 3.05) is 0 Å². The SMILES string of the molecule is O=C(O)c1cn(Cc2ccc(-c3ccc4[nH]ccc4c3)nn2)c2c(F)cccc2c1=O. The molecule has 0 bridgehead atoms. The summed E-state index contributed by atoms with van der Waals surface area (Å²) >= 11 is 0. The summed E-state index contributed by atoms with van der Waals surface area (Å²) in [5, 5.41) is 18.9. The normalized spacial score (nSPS) is 11.3. The quantitative estimate of drug-likeness (QED) is 0.466. The summed E-state index contributed by atoms with van der Waals surface area (Å²) in [4.78, 5) is 27.0. The van der Waals surface area contributed by atoms with E-state index in [1.54, 1.807) is 12.1 Å². The lowest BCUT2D eigenvalue weighted by Gasteiger charge is -2.12. The van der Waals surface area contributed by atoms with Gasteiger partial charge in [-0.15, -0.1) is 0 Å². The number of para-hydroxylation sites is 1. The molecule has 7 nitrogen and oxygen atoms in total. The Labute approximate surface area is 174 Å². The fraction of sp³-hybridized carbons (Fsp3) is 0.0435. The van der Waals surface area contributed by atoms with Crippen molar-refractivity contribution in [3.05, 3.63) is 94.3 Å². The summed E-state index contributed by atoms with van der Waals surface area (Å²) in [7, 11) is 0. The van der Waals surface area contributed by atoms with Crippen LogP contribution < -0.4 is 5.43 Å². The minimum absolute atomic E-state index is 0.00397. The molecule has 0 saturated heterocycles. The van der Waals surface area contributed by atoms with E-state index in [2.05, 4.69) is 15.2 Å². The van der Waals surface area contributed by atoms with Crippen molar-refractivity contribution in [1.29, 1.82) is 0 Å². The van der Waals surface area contributed by atoms with Gasteiger partial charge in [0.15, 0.2) is 0 Å². The molecule has 0 aliphatic rings. The highest BCUT2D eigenvalue weighted by molar-refractivity contribution is 5.92. The van der Waals surface area contributed by atoms with Crippen LogP contribution in [0, 0.1) is 5.82 Å². The second kappa shape index (κ2) is 7.17. The van der Waals surface area contributed by atoms with Crippen LogP contribution in [0.3, 0.4) is 0 Å². The number of aromatic carboxylic acids is 1. The van der Waals surface area contributed by atoms with E-state index in [0.717, 1.165) is 22.7 Å². The highest BCUT2D eigenvalue weighted by Gasteiger charge is 2.17. The van der Waals surface area contributed by atoms with Gasteiger partial charge in [0, 0.05) is 34.2 Å². The number of aromatic nitrogens is 4. The molecule has 8 heteroatoms. The van der Waals surface area contributed by atoms with E-state index in [0.29, 0.717) is 11.4 Å². The van der Waals surface area contributed by atoms with E-state index >= 15 is 0 Å². The molecule has 3 heterocycles. The number of halogens is 1. The number of fused-ring (bicyclic) bond motifs is 2. The average molecular weight is 414 g/mol. The van der Waals surface area contributed by atoms with E-state index in [1.807, 2.05) is 30.5 Å². The van der Waals surface area contributed by atoms with E-state index in [1.165, 1.54) is 22.8 Å². The maximum atomic E-state index is 14.5. The van der Waals surface area contributed by atoms with Crippen LogP contribution in [-0.4, -0.2) is 30.8 Å². The van der Waals surface area contributed by atoms with Crippen molar-refractivity contribution in [2.24, 2.45) is 0 Å². The number of hydrogen-bond acceptors (Lipinski definition) is 4. The van der Waals surface area contributed by atoms with Gasteiger partial charge in [-0.3, -0.25) is 4.79 Å². The summed E-state index contributed by atoms with van der Waals surface area (Å²) < 4.78 is 15.9. The molecule has 5 aromatic rings. The predicted octanol–water partition coefficient (Wildman–Crippen LogP) is 3.83. The summed E-state index contributed by atoms with van der Waals surface area (Å²) in [5.74, 6) is -1.98. The van der Waals surface area contributed by atoms with Crippen LogP contribution in [0.25, 0.3) is 33.1 Å². The predicted molar refractivity (Wildman–Crippen MR) is 114 cm³/mol. The number of aromatic amines is 1. The topological polar surface area (TPSA) is 101 Å². The fourth-order valence-electron chi connectivity index (χ4n) is 3.68. The maximum Gasteiger partial charge on any atom is 0.341 e. The second-order valence-corrected chi connectivity index (χ2v) is 7.13. The number of benzene rings is 2. The van der Waals surface area contributed by atoms with Gasteiger partial charge in [0.05, 0.1) is 23.4 Å². The lowest BCUT2D eigenvalue weighted by atomic mass is 10.1. The van der Waals surface area contributed by atoms with Gasteiger partial charge in [-0.05, 0) is 42.5 Å². The molecule has 0 unspecified atom stereocenters. The van der Waals surface area contributed by atoms with Crippen LogP contribution in [0.4, 0.5) is 4.39 Å². The number of carboxylic acid groups (broad SMARTS) is 1. The number of carboxylic acids is 1. The van der Waals surface area contributed by atoms with Gasteiger partial charge in [-0.2, -0.15) is 10.2 Å². The Bertz CT molecular complexity index is 1520. The molecule has 3 aromatic heterocycles. The van der Waals surface area contributed by atoms with Crippen molar-refractivity contribution < 1.29 is 14.3 Å². The minimum atomic E-state index is -1.37. The summed E-state index contributed by atoms with van der Waals surface area (Å²) in [6.45, 7) is 0.0577. The molecule has 2 N–H and O–H groups in total. The van der Waals surface area contributed by atoms with E-state index in [4.69, 9.17) is 0 Å². The molecule has 5 rings (SSSR count). The Morgan fingerprint density at radius 2 is 1.97 bits per heavy atom. The molecule has 0 aliphatic heterocycles. The van der Waals surface area contributed by atoms with Gasteiger partial charge in [0.1, 0.15) is 11.4 Å². The summed E-state index contributed by atoms with van der Waals surface area (Å²) in [6, 6.07) is 15.4. The van der Waals surface area contributed by atoms with E-state index in [9.17, 15) is 19.1 Å². The van der Waals surface area contributed by atoms with Crippen LogP contribution in [0.1, 0.15) is 16.1 Å². The first-order chi connectivity index (χ1) is 15.0. The lowest BCUT2D eigenvalue weighted by Crippen LogP contribution is -2.20. The zero-order valence-electron chi connectivity index (χ0n) is 16.0. The minimum Gasteiger partial charge on any atom is -0.477 e. The number of pyridine rings is 1. The number of nitrogens with zero attached hydrogens (tertiary/aromatic N) is 3. The Morgan fingerprint density at radius 3 is 2.74 bits per heavy atom. The van der Waals surface area contributed by atoms with Gasteiger partial charge in [0.25, 0.3) is 0 Å². The zero-order chi connectivity index (χ0) is 21.5. The Balaban J connectivity index is 1.54. The van der Waals surface area contributed by atoms with Crippen LogP contribution in [0.2, 0.25) is 0 Å². The first-order valence-electron chi connectivity index (χ1n) is 9.46. The molecule has 2 aromatic carbocycles. The van der Waals surface area contributed by atoms with Crippen LogP contribution in [0.15, 0.2) is 71.8 Å². The van der Waals surface area contributed by atoms with Crippen LogP contribution in [0.5, 0.6) is 0 Å². The van der Waals surface area contributed by atoms with Gasteiger partial charge < -0.3 is 14.7 Å². The van der Waals surface area contributed by atoms with Gasteiger partial charge in [-0.25, -0.2) is 9.18 Å². The zero-order valence-corrected chi connectivity index (χ0v) is 16.0.